The maximum atomic E-state index is 12.9. The smallest absolute Gasteiger partial charge is 0.262 e. The third kappa shape index (κ3) is 5.98. The molecule has 3 aromatic rings. The Balaban J connectivity index is 1.61. The number of hydrogen-bond acceptors (Lipinski definition) is 3. The summed E-state index contributed by atoms with van der Waals surface area (Å²) >= 11 is 3.47. The van der Waals surface area contributed by atoms with Crippen LogP contribution in [0.15, 0.2) is 77.3 Å². The van der Waals surface area contributed by atoms with E-state index in [0.29, 0.717) is 23.5 Å². The number of halogens is 1. The van der Waals surface area contributed by atoms with Crippen LogP contribution in [0.2, 0.25) is 0 Å². The highest BCUT2D eigenvalue weighted by Crippen LogP contribution is 2.29. The third-order valence-corrected chi connectivity index (χ3v) is 5.49. The molecule has 0 bridgehead atoms. The van der Waals surface area contributed by atoms with Crippen molar-refractivity contribution in [2.24, 2.45) is 0 Å². The van der Waals surface area contributed by atoms with E-state index in [0.717, 1.165) is 15.7 Å². The Morgan fingerprint density at radius 2 is 1.69 bits per heavy atom. The second kappa shape index (κ2) is 11.0. The number of anilines is 2. The van der Waals surface area contributed by atoms with Crippen LogP contribution in [-0.2, 0) is 4.79 Å². The first-order valence-electron chi connectivity index (χ1n) is 10.6. The molecule has 0 saturated heterocycles. The number of carbonyl (C=O) groups excluding carboxylic acids is 2. The maximum Gasteiger partial charge on any atom is 0.262 e. The van der Waals surface area contributed by atoms with Crippen molar-refractivity contribution in [3.63, 3.8) is 0 Å². The fourth-order valence-corrected chi connectivity index (χ4v) is 3.72. The number of rotatable bonds is 8. The molecular weight excluding hydrogens is 468 g/mol. The van der Waals surface area contributed by atoms with Gasteiger partial charge in [-0.25, -0.2) is 0 Å². The predicted octanol–water partition coefficient (Wildman–Crippen LogP) is 6.26. The maximum absolute atomic E-state index is 12.9. The number of ether oxygens (including phenoxy) is 1. The zero-order valence-electron chi connectivity index (χ0n) is 18.5. The Hall–Kier alpha value is -3.12. The van der Waals surface area contributed by atoms with Gasteiger partial charge in [0.1, 0.15) is 5.75 Å². The quantitative estimate of drug-likeness (QED) is 0.402. The normalized spacial score (nSPS) is 10.7. The molecule has 0 radical (unpaired) electrons. The summed E-state index contributed by atoms with van der Waals surface area (Å²) in [6.45, 7) is 6.56. The summed E-state index contributed by atoms with van der Waals surface area (Å²) in [7, 11) is 0. The average molecular weight is 495 g/mol. The molecule has 0 saturated carbocycles. The fraction of sp³-hybridized carbons (Fsp3) is 0.231. The number of nitrogens with zero attached hydrogens (tertiary/aromatic N) is 1. The van der Waals surface area contributed by atoms with Crippen molar-refractivity contribution < 1.29 is 14.3 Å². The largest absolute Gasteiger partial charge is 0.483 e. The summed E-state index contributed by atoms with van der Waals surface area (Å²) in [5.74, 6) is 0.617. The molecule has 0 fully saturated rings. The van der Waals surface area contributed by atoms with Gasteiger partial charge in [0.25, 0.3) is 11.8 Å². The van der Waals surface area contributed by atoms with Gasteiger partial charge in [0.15, 0.2) is 6.61 Å². The molecule has 0 aliphatic rings. The Kier molecular flexibility index (Phi) is 8.06. The average Bonchev–Trinajstić information content (AvgIpc) is 2.79. The van der Waals surface area contributed by atoms with E-state index in [1.54, 1.807) is 29.2 Å². The number of amides is 2. The summed E-state index contributed by atoms with van der Waals surface area (Å²) in [6, 6.07) is 22.2. The van der Waals surface area contributed by atoms with Gasteiger partial charge in [-0.15, -0.1) is 0 Å². The summed E-state index contributed by atoms with van der Waals surface area (Å²) in [5, 5.41) is 2.82. The molecule has 2 amide bonds. The molecule has 0 atom stereocenters. The highest BCUT2D eigenvalue weighted by atomic mass is 79.9. The molecular formula is C26H27BrN2O3. The van der Waals surface area contributed by atoms with Crippen LogP contribution in [0, 0.1) is 0 Å². The van der Waals surface area contributed by atoms with Crippen molar-refractivity contribution in [1.82, 2.24) is 0 Å². The molecule has 0 heterocycles. The van der Waals surface area contributed by atoms with Crippen LogP contribution in [0.25, 0.3) is 0 Å². The van der Waals surface area contributed by atoms with E-state index in [-0.39, 0.29) is 24.3 Å². The Morgan fingerprint density at radius 3 is 2.31 bits per heavy atom. The SMILES string of the molecule is CCN(C(=O)c1ccc(NC(=O)COc2ccc(Br)cc2C(C)C)cc1)c1ccccc1. The first kappa shape index (κ1) is 23.5. The summed E-state index contributed by atoms with van der Waals surface area (Å²) in [6.07, 6.45) is 0. The molecule has 32 heavy (non-hydrogen) atoms. The predicted molar refractivity (Wildman–Crippen MR) is 133 cm³/mol. The lowest BCUT2D eigenvalue weighted by molar-refractivity contribution is -0.118. The number of nitrogens with one attached hydrogen (secondary N) is 1. The monoisotopic (exact) mass is 494 g/mol. The van der Waals surface area contributed by atoms with Crippen LogP contribution in [0.1, 0.15) is 42.6 Å². The van der Waals surface area contributed by atoms with Crippen LogP contribution >= 0.6 is 15.9 Å². The minimum absolute atomic E-state index is 0.0867. The molecule has 0 aliphatic heterocycles. The topological polar surface area (TPSA) is 58.6 Å². The van der Waals surface area contributed by atoms with Gasteiger partial charge in [-0.2, -0.15) is 0 Å². The Labute approximate surface area is 197 Å². The molecule has 0 aromatic heterocycles. The van der Waals surface area contributed by atoms with E-state index < -0.39 is 0 Å². The molecule has 0 unspecified atom stereocenters. The van der Waals surface area contributed by atoms with Crippen LogP contribution in [0.3, 0.4) is 0 Å². The number of para-hydroxylation sites is 1. The standard InChI is InChI=1S/C26H27BrN2O3/c1-4-29(22-8-6-5-7-9-22)26(31)19-10-13-21(14-11-19)28-25(30)17-32-24-15-12-20(27)16-23(24)18(2)3/h5-16,18H,4,17H2,1-3H3,(H,28,30). The Morgan fingerprint density at radius 1 is 1.00 bits per heavy atom. The summed E-state index contributed by atoms with van der Waals surface area (Å²) in [4.78, 5) is 27.0. The zero-order valence-corrected chi connectivity index (χ0v) is 20.1. The lowest BCUT2D eigenvalue weighted by Gasteiger charge is -2.21. The lowest BCUT2D eigenvalue weighted by Crippen LogP contribution is -2.30. The molecule has 1 N–H and O–H groups in total. The van der Waals surface area contributed by atoms with Gasteiger partial charge in [0.05, 0.1) is 0 Å². The van der Waals surface area contributed by atoms with Crippen LogP contribution < -0.4 is 15.0 Å². The molecule has 3 aromatic carbocycles. The van der Waals surface area contributed by atoms with E-state index in [1.807, 2.05) is 55.5 Å². The molecule has 0 aliphatic carbocycles. The highest BCUT2D eigenvalue weighted by Gasteiger charge is 2.16. The highest BCUT2D eigenvalue weighted by molar-refractivity contribution is 9.10. The van der Waals surface area contributed by atoms with Gasteiger partial charge >= 0.3 is 0 Å². The summed E-state index contributed by atoms with van der Waals surface area (Å²) in [5.41, 5.74) is 3.05. The van der Waals surface area contributed by atoms with Gasteiger partial charge in [-0.05, 0) is 73.0 Å². The van der Waals surface area contributed by atoms with Crippen molar-refractivity contribution in [1.29, 1.82) is 0 Å². The van der Waals surface area contributed by atoms with Gasteiger partial charge in [0, 0.05) is 28.0 Å². The summed E-state index contributed by atoms with van der Waals surface area (Å²) < 4.78 is 6.72. The molecule has 166 valence electrons. The van der Waals surface area contributed by atoms with Crippen LogP contribution in [-0.4, -0.2) is 25.0 Å². The van der Waals surface area contributed by atoms with Crippen molar-refractivity contribution in [2.75, 3.05) is 23.4 Å². The van der Waals surface area contributed by atoms with E-state index in [9.17, 15) is 9.59 Å². The van der Waals surface area contributed by atoms with E-state index in [4.69, 9.17) is 4.74 Å². The van der Waals surface area contributed by atoms with Gasteiger partial charge < -0.3 is 15.0 Å². The van der Waals surface area contributed by atoms with E-state index in [1.165, 1.54) is 0 Å². The molecule has 3 rings (SSSR count). The second-order valence-electron chi connectivity index (χ2n) is 7.64. The minimum atomic E-state index is -0.263. The zero-order chi connectivity index (χ0) is 23.1. The number of hydrogen-bond donors (Lipinski definition) is 1. The number of benzene rings is 3. The van der Waals surface area contributed by atoms with Gasteiger partial charge in [0.2, 0.25) is 0 Å². The molecule has 6 heteroatoms. The minimum Gasteiger partial charge on any atom is -0.483 e. The van der Waals surface area contributed by atoms with Crippen LogP contribution in [0.5, 0.6) is 5.75 Å². The molecule has 0 spiro atoms. The van der Waals surface area contributed by atoms with Crippen LogP contribution in [0.4, 0.5) is 11.4 Å². The van der Waals surface area contributed by atoms with Gasteiger partial charge in [-0.1, -0.05) is 48.0 Å². The second-order valence-corrected chi connectivity index (χ2v) is 8.55. The van der Waals surface area contributed by atoms with E-state index >= 15 is 0 Å². The first-order chi connectivity index (χ1) is 15.4. The van der Waals surface area contributed by atoms with Crippen molar-refractivity contribution >= 4 is 39.1 Å². The van der Waals surface area contributed by atoms with E-state index in [2.05, 4.69) is 35.1 Å². The van der Waals surface area contributed by atoms with Crippen molar-refractivity contribution in [2.45, 2.75) is 26.7 Å². The van der Waals surface area contributed by atoms with Crippen molar-refractivity contribution in [3.8, 4) is 5.75 Å². The first-order valence-corrected chi connectivity index (χ1v) is 11.4. The third-order valence-electron chi connectivity index (χ3n) is 5.00. The fourth-order valence-electron chi connectivity index (χ4n) is 3.35. The Bertz CT molecular complexity index is 1070. The lowest BCUT2D eigenvalue weighted by atomic mass is 10.0. The molecule has 5 nitrogen and oxygen atoms in total. The number of carbonyl (C=O) groups is 2. The van der Waals surface area contributed by atoms with Crippen molar-refractivity contribution in [3.05, 3.63) is 88.4 Å². The van der Waals surface area contributed by atoms with Gasteiger partial charge in [-0.3, -0.25) is 9.59 Å².